The highest BCUT2D eigenvalue weighted by Crippen LogP contribution is 2.34. The van der Waals surface area contributed by atoms with Crippen molar-refractivity contribution < 1.29 is 19.1 Å². The third kappa shape index (κ3) is 4.70. The second-order valence-electron chi connectivity index (χ2n) is 7.87. The smallest absolute Gasteiger partial charge is 0.326 e. The van der Waals surface area contributed by atoms with Crippen LogP contribution in [-0.4, -0.2) is 35.0 Å². The van der Waals surface area contributed by atoms with Crippen LogP contribution in [0.15, 0.2) is 54.6 Å². The molecule has 3 rings (SSSR count). The molecule has 2 aromatic rings. The van der Waals surface area contributed by atoms with E-state index in [2.05, 4.69) is 0 Å². The summed E-state index contributed by atoms with van der Waals surface area (Å²) < 4.78 is 11.1. The van der Waals surface area contributed by atoms with Gasteiger partial charge in [-0.15, -0.1) is 0 Å². The normalized spacial score (nSPS) is 19.1. The zero-order valence-electron chi connectivity index (χ0n) is 16.4. The van der Waals surface area contributed by atoms with Crippen LogP contribution in [0.3, 0.4) is 0 Å². The van der Waals surface area contributed by atoms with Crippen molar-refractivity contribution in [2.45, 2.75) is 45.1 Å². The number of nitrogens with two attached hydrogens (primary N) is 1. The molecule has 0 bridgehead atoms. The maximum atomic E-state index is 12.1. The first-order valence-corrected chi connectivity index (χ1v) is 9.29. The lowest BCUT2D eigenvalue weighted by molar-refractivity contribution is -0.166. The van der Waals surface area contributed by atoms with Gasteiger partial charge in [0, 0.05) is 0 Å². The van der Waals surface area contributed by atoms with Crippen molar-refractivity contribution in [2.75, 3.05) is 6.54 Å². The summed E-state index contributed by atoms with van der Waals surface area (Å²) >= 11 is 0. The average Bonchev–Trinajstić information content (AvgIpc) is 2.66. The van der Waals surface area contributed by atoms with E-state index in [1.165, 1.54) is 4.90 Å². The SMILES string of the molecule is CC(C)(C)OC(=O)CN1C(=O)C(N)C1c1ccc(OCc2ccccc2)cc1. The Balaban J connectivity index is 1.62. The molecule has 6 nitrogen and oxygen atoms in total. The van der Waals surface area contributed by atoms with E-state index in [-0.39, 0.29) is 18.5 Å². The van der Waals surface area contributed by atoms with Gasteiger partial charge in [-0.1, -0.05) is 42.5 Å². The van der Waals surface area contributed by atoms with E-state index < -0.39 is 17.6 Å². The number of rotatable bonds is 6. The lowest BCUT2D eigenvalue weighted by Crippen LogP contribution is -2.64. The van der Waals surface area contributed by atoms with Crippen molar-refractivity contribution in [3.63, 3.8) is 0 Å². The Morgan fingerprint density at radius 2 is 1.71 bits per heavy atom. The maximum Gasteiger partial charge on any atom is 0.326 e. The van der Waals surface area contributed by atoms with E-state index in [0.717, 1.165) is 16.9 Å². The lowest BCUT2D eigenvalue weighted by Gasteiger charge is -2.45. The topological polar surface area (TPSA) is 81.9 Å². The fraction of sp³-hybridized carbons (Fsp3) is 0.364. The quantitative estimate of drug-likeness (QED) is 0.614. The number of ether oxygens (including phenoxy) is 2. The van der Waals surface area contributed by atoms with Gasteiger partial charge in [-0.2, -0.15) is 0 Å². The monoisotopic (exact) mass is 382 g/mol. The van der Waals surface area contributed by atoms with Gasteiger partial charge >= 0.3 is 5.97 Å². The number of likely N-dealkylation sites (tertiary alicyclic amines) is 1. The van der Waals surface area contributed by atoms with Crippen molar-refractivity contribution in [1.29, 1.82) is 0 Å². The van der Waals surface area contributed by atoms with Gasteiger partial charge in [0.15, 0.2) is 0 Å². The summed E-state index contributed by atoms with van der Waals surface area (Å²) in [6, 6.07) is 16.3. The number of β-lactam (4-membered cyclic amide) rings is 1. The van der Waals surface area contributed by atoms with Gasteiger partial charge in [-0.05, 0) is 44.0 Å². The third-order valence-corrected chi connectivity index (χ3v) is 4.43. The van der Waals surface area contributed by atoms with Crippen LogP contribution in [0.1, 0.15) is 37.9 Å². The van der Waals surface area contributed by atoms with Crippen LogP contribution < -0.4 is 10.5 Å². The Morgan fingerprint density at radius 3 is 2.32 bits per heavy atom. The number of carbonyl (C=O) groups excluding carboxylic acids is 2. The average molecular weight is 382 g/mol. The number of amides is 1. The molecule has 2 unspecified atom stereocenters. The number of hydrogen-bond donors (Lipinski definition) is 1. The second kappa shape index (κ2) is 8.02. The van der Waals surface area contributed by atoms with E-state index in [1.54, 1.807) is 20.8 Å². The number of hydrogen-bond acceptors (Lipinski definition) is 5. The molecular formula is C22H26N2O4. The Hall–Kier alpha value is -2.86. The van der Waals surface area contributed by atoms with Gasteiger partial charge in [0.05, 0.1) is 6.04 Å². The minimum absolute atomic E-state index is 0.110. The number of benzene rings is 2. The van der Waals surface area contributed by atoms with Gasteiger partial charge in [0.25, 0.3) is 0 Å². The molecule has 0 radical (unpaired) electrons. The predicted molar refractivity (Wildman–Crippen MR) is 105 cm³/mol. The van der Waals surface area contributed by atoms with Gasteiger partial charge < -0.3 is 20.1 Å². The highest BCUT2D eigenvalue weighted by Gasteiger charge is 2.46. The van der Waals surface area contributed by atoms with E-state index in [4.69, 9.17) is 15.2 Å². The fourth-order valence-corrected chi connectivity index (χ4v) is 3.15. The standard InChI is InChI=1S/C22H26N2O4/c1-22(2,3)28-18(25)13-24-20(19(23)21(24)26)16-9-11-17(12-10-16)27-14-15-7-5-4-6-8-15/h4-12,19-20H,13-14,23H2,1-3H3. The summed E-state index contributed by atoms with van der Waals surface area (Å²) in [4.78, 5) is 25.7. The summed E-state index contributed by atoms with van der Waals surface area (Å²) in [7, 11) is 0. The summed E-state index contributed by atoms with van der Waals surface area (Å²) in [6.07, 6.45) is 0. The molecule has 1 aliphatic rings. The molecule has 2 atom stereocenters. The van der Waals surface area contributed by atoms with Gasteiger partial charge in [-0.3, -0.25) is 9.59 Å². The first kappa shape index (κ1) is 19.9. The minimum Gasteiger partial charge on any atom is -0.489 e. The first-order valence-electron chi connectivity index (χ1n) is 9.29. The van der Waals surface area contributed by atoms with Crippen molar-refractivity contribution in [1.82, 2.24) is 4.90 Å². The highest BCUT2D eigenvalue weighted by atomic mass is 16.6. The van der Waals surface area contributed by atoms with E-state index >= 15 is 0 Å². The Bertz CT molecular complexity index is 828. The largest absolute Gasteiger partial charge is 0.489 e. The molecule has 2 aromatic carbocycles. The molecule has 28 heavy (non-hydrogen) atoms. The maximum absolute atomic E-state index is 12.1. The van der Waals surface area contributed by atoms with Gasteiger partial charge in [0.2, 0.25) is 5.91 Å². The zero-order valence-corrected chi connectivity index (χ0v) is 16.4. The molecule has 1 aliphatic heterocycles. The molecule has 0 spiro atoms. The molecule has 6 heteroatoms. The summed E-state index contributed by atoms with van der Waals surface area (Å²) in [5.41, 5.74) is 7.34. The highest BCUT2D eigenvalue weighted by molar-refractivity contribution is 5.92. The Morgan fingerprint density at radius 1 is 1.07 bits per heavy atom. The van der Waals surface area contributed by atoms with Crippen molar-refractivity contribution >= 4 is 11.9 Å². The molecule has 0 aliphatic carbocycles. The van der Waals surface area contributed by atoms with Crippen LogP contribution in [0.25, 0.3) is 0 Å². The van der Waals surface area contributed by atoms with Gasteiger partial charge in [-0.25, -0.2) is 0 Å². The van der Waals surface area contributed by atoms with E-state index in [0.29, 0.717) is 6.61 Å². The van der Waals surface area contributed by atoms with Gasteiger partial charge in [0.1, 0.15) is 30.5 Å². The summed E-state index contributed by atoms with van der Waals surface area (Å²) in [5, 5.41) is 0. The van der Waals surface area contributed by atoms with Crippen LogP contribution in [-0.2, 0) is 20.9 Å². The molecule has 0 aromatic heterocycles. The Kier molecular flexibility index (Phi) is 5.70. The summed E-state index contributed by atoms with van der Waals surface area (Å²) in [5.74, 6) is 0.0337. The second-order valence-corrected chi connectivity index (χ2v) is 7.87. The van der Waals surface area contributed by atoms with Crippen LogP contribution in [0, 0.1) is 0 Å². The number of nitrogens with zero attached hydrogens (tertiary/aromatic N) is 1. The minimum atomic E-state index is -0.654. The molecule has 1 heterocycles. The van der Waals surface area contributed by atoms with E-state index in [9.17, 15) is 9.59 Å². The molecule has 148 valence electrons. The fourth-order valence-electron chi connectivity index (χ4n) is 3.15. The third-order valence-electron chi connectivity index (χ3n) is 4.43. The first-order chi connectivity index (χ1) is 13.2. The van der Waals surface area contributed by atoms with Crippen LogP contribution in [0.4, 0.5) is 0 Å². The van der Waals surface area contributed by atoms with Crippen molar-refractivity contribution in [3.05, 3.63) is 65.7 Å². The number of carbonyl (C=O) groups is 2. The molecule has 1 saturated heterocycles. The lowest BCUT2D eigenvalue weighted by atomic mass is 9.89. The van der Waals surface area contributed by atoms with Crippen molar-refractivity contribution in [2.24, 2.45) is 5.73 Å². The van der Waals surface area contributed by atoms with E-state index in [1.807, 2.05) is 54.6 Å². The number of esters is 1. The van der Waals surface area contributed by atoms with Crippen molar-refractivity contribution in [3.8, 4) is 5.75 Å². The van der Waals surface area contributed by atoms with Crippen LogP contribution in [0.2, 0.25) is 0 Å². The molecule has 1 fully saturated rings. The van der Waals surface area contributed by atoms with Crippen LogP contribution >= 0.6 is 0 Å². The molecule has 1 amide bonds. The molecule has 2 N–H and O–H groups in total. The summed E-state index contributed by atoms with van der Waals surface area (Å²) in [6.45, 7) is 5.74. The predicted octanol–water partition coefficient (Wildman–Crippen LogP) is 2.82. The molecule has 0 saturated carbocycles. The Labute approximate surface area is 165 Å². The zero-order chi connectivity index (χ0) is 20.3. The van der Waals surface area contributed by atoms with Crippen LogP contribution in [0.5, 0.6) is 5.75 Å². The molecular weight excluding hydrogens is 356 g/mol.